The Morgan fingerprint density at radius 2 is 2.07 bits per heavy atom. The van der Waals surface area contributed by atoms with Gasteiger partial charge in [-0.25, -0.2) is 0 Å². The largest absolute Gasteiger partial charge is 0.481 e. The van der Waals surface area contributed by atoms with Crippen LogP contribution in [0.2, 0.25) is 0 Å². The molecule has 1 aliphatic heterocycles. The zero-order valence-corrected chi connectivity index (χ0v) is 8.61. The van der Waals surface area contributed by atoms with Gasteiger partial charge in [0.25, 0.3) is 0 Å². The molecule has 1 aliphatic carbocycles. The number of carboxylic acid groups (broad SMARTS) is 1. The molecule has 0 aromatic rings. The van der Waals surface area contributed by atoms with Gasteiger partial charge >= 0.3 is 5.97 Å². The van der Waals surface area contributed by atoms with Crippen LogP contribution in [0.15, 0.2) is 0 Å². The summed E-state index contributed by atoms with van der Waals surface area (Å²) in [6.07, 6.45) is 6.60. The van der Waals surface area contributed by atoms with Crippen LogP contribution in [0.5, 0.6) is 0 Å². The van der Waals surface area contributed by atoms with E-state index in [4.69, 9.17) is 5.11 Å². The average Bonchev–Trinajstić information content (AvgIpc) is 2.91. The Labute approximate surface area is 85.1 Å². The van der Waals surface area contributed by atoms with Crippen molar-refractivity contribution in [1.29, 1.82) is 0 Å². The quantitative estimate of drug-likeness (QED) is 0.746. The Morgan fingerprint density at radius 3 is 2.71 bits per heavy atom. The van der Waals surface area contributed by atoms with Gasteiger partial charge in [-0.2, -0.15) is 0 Å². The highest BCUT2D eigenvalue weighted by atomic mass is 16.4. The Kier molecular flexibility index (Phi) is 3.06. The van der Waals surface area contributed by atoms with Crippen molar-refractivity contribution in [2.75, 3.05) is 13.1 Å². The molecule has 3 nitrogen and oxygen atoms in total. The minimum Gasteiger partial charge on any atom is -0.481 e. The van der Waals surface area contributed by atoms with Crippen LogP contribution in [0.25, 0.3) is 0 Å². The normalized spacial score (nSPS) is 29.0. The van der Waals surface area contributed by atoms with Crippen molar-refractivity contribution in [3.05, 3.63) is 0 Å². The third kappa shape index (κ3) is 2.71. The molecule has 1 unspecified atom stereocenters. The van der Waals surface area contributed by atoms with Crippen LogP contribution in [-0.4, -0.2) is 35.1 Å². The summed E-state index contributed by atoms with van der Waals surface area (Å²) in [6.45, 7) is 2.27. The van der Waals surface area contributed by atoms with Crippen LogP contribution in [0.3, 0.4) is 0 Å². The van der Waals surface area contributed by atoms with Gasteiger partial charge in [0.05, 0.1) is 6.42 Å². The van der Waals surface area contributed by atoms with E-state index in [0.717, 1.165) is 25.4 Å². The van der Waals surface area contributed by atoms with Gasteiger partial charge in [-0.15, -0.1) is 0 Å². The third-order valence-corrected chi connectivity index (χ3v) is 3.35. The first-order valence-electron chi connectivity index (χ1n) is 5.71. The van der Waals surface area contributed by atoms with Crippen LogP contribution < -0.4 is 0 Å². The van der Waals surface area contributed by atoms with E-state index in [1.54, 1.807) is 0 Å². The van der Waals surface area contributed by atoms with E-state index in [1.807, 2.05) is 0 Å². The average molecular weight is 197 g/mol. The lowest BCUT2D eigenvalue weighted by Crippen LogP contribution is -2.41. The number of hydrogen-bond acceptors (Lipinski definition) is 2. The Balaban J connectivity index is 1.84. The molecule has 0 radical (unpaired) electrons. The Morgan fingerprint density at radius 1 is 1.29 bits per heavy atom. The van der Waals surface area contributed by atoms with Gasteiger partial charge in [0.1, 0.15) is 0 Å². The predicted octanol–water partition coefficient (Wildman–Crippen LogP) is 1.73. The predicted molar refractivity (Wildman–Crippen MR) is 54.2 cm³/mol. The highest BCUT2D eigenvalue weighted by molar-refractivity contribution is 5.67. The highest BCUT2D eigenvalue weighted by Crippen LogP contribution is 2.32. The molecule has 0 spiro atoms. The summed E-state index contributed by atoms with van der Waals surface area (Å²) in [5, 5.41) is 8.81. The minimum absolute atomic E-state index is 0.321. The summed E-state index contributed by atoms with van der Waals surface area (Å²) >= 11 is 0. The van der Waals surface area contributed by atoms with Crippen molar-refractivity contribution in [3.63, 3.8) is 0 Å². The molecule has 0 bridgehead atoms. The van der Waals surface area contributed by atoms with Gasteiger partial charge < -0.3 is 5.11 Å². The van der Waals surface area contributed by atoms with Crippen molar-refractivity contribution >= 4 is 5.97 Å². The molecule has 0 aromatic heterocycles. The minimum atomic E-state index is -0.641. The maximum Gasteiger partial charge on any atom is 0.304 e. The first kappa shape index (κ1) is 9.97. The van der Waals surface area contributed by atoms with Gasteiger partial charge in [0, 0.05) is 12.6 Å². The molecule has 2 rings (SSSR count). The van der Waals surface area contributed by atoms with Crippen LogP contribution in [-0.2, 0) is 4.79 Å². The molecule has 1 atom stereocenters. The van der Waals surface area contributed by atoms with Crippen LogP contribution >= 0.6 is 0 Å². The number of carbonyl (C=O) groups is 1. The lowest BCUT2D eigenvalue weighted by atomic mass is 9.99. The topological polar surface area (TPSA) is 40.5 Å². The number of piperidine rings is 1. The first-order chi connectivity index (χ1) is 6.75. The molecule has 0 aromatic carbocycles. The van der Waals surface area contributed by atoms with E-state index in [2.05, 4.69) is 4.90 Å². The second kappa shape index (κ2) is 4.30. The molecular weight excluding hydrogens is 178 g/mol. The monoisotopic (exact) mass is 197 g/mol. The standard InChI is InChI=1S/C11H19NO2/c13-11(14)7-10-3-1-2-6-12(10)8-9-4-5-9/h9-10H,1-8H2,(H,13,14). The van der Waals surface area contributed by atoms with Crippen LogP contribution in [0.1, 0.15) is 38.5 Å². The summed E-state index contributed by atoms with van der Waals surface area (Å²) in [7, 11) is 0. The number of rotatable bonds is 4. The molecule has 1 heterocycles. The summed E-state index contributed by atoms with van der Waals surface area (Å²) in [5.74, 6) is 0.238. The summed E-state index contributed by atoms with van der Waals surface area (Å²) < 4.78 is 0. The maximum atomic E-state index is 10.7. The molecule has 1 saturated carbocycles. The van der Waals surface area contributed by atoms with Crippen molar-refractivity contribution in [2.45, 2.75) is 44.6 Å². The SMILES string of the molecule is O=C(O)CC1CCCCN1CC1CC1. The van der Waals surface area contributed by atoms with Gasteiger partial charge in [0.15, 0.2) is 0 Å². The van der Waals surface area contributed by atoms with Gasteiger partial charge in [-0.05, 0) is 38.1 Å². The highest BCUT2D eigenvalue weighted by Gasteiger charge is 2.30. The van der Waals surface area contributed by atoms with Crippen molar-refractivity contribution < 1.29 is 9.90 Å². The fourth-order valence-corrected chi connectivity index (χ4v) is 2.37. The number of nitrogens with zero attached hydrogens (tertiary/aromatic N) is 1. The maximum absolute atomic E-state index is 10.7. The zero-order chi connectivity index (χ0) is 9.97. The molecule has 1 N–H and O–H groups in total. The summed E-state index contributed by atoms with van der Waals surface area (Å²) in [4.78, 5) is 13.1. The fraction of sp³-hybridized carbons (Fsp3) is 0.909. The molecule has 3 heteroatoms. The van der Waals surface area contributed by atoms with Crippen molar-refractivity contribution in [3.8, 4) is 0 Å². The number of hydrogen-bond donors (Lipinski definition) is 1. The third-order valence-electron chi connectivity index (χ3n) is 3.35. The van der Waals surface area contributed by atoms with E-state index in [0.29, 0.717) is 12.5 Å². The van der Waals surface area contributed by atoms with E-state index in [1.165, 1.54) is 25.7 Å². The number of carboxylic acids is 1. The Bertz CT molecular complexity index is 213. The number of likely N-dealkylation sites (tertiary alicyclic amines) is 1. The molecule has 0 amide bonds. The van der Waals surface area contributed by atoms with E-state index in [9.17, 15) is 4.79 Å². The second-order valence-electron chi connectivity index (χ2n) is 4.69. The van der Waals surface area contributed by atoms with Crippen molar-refractivity contribution in [2.24, 2.45) is 5.92 Å². The summed E-state index contributed by atoms with van der Waals surface area (Å²) in [5.41, 5.74) is 0. The van der Waals surface area contributed by atoms with Gasteiger partial charge in [-0.3, -0.25) is 9.69 Å². The van der Waals surface area contributed by atoms with E-state index in [-0.39, 0.29) is 0 Å². The molecule has 1 saturated heterocycles. The van der Waals surface area contributed by atoms with Crippen LogP contribution in [0.4, 0.5) is 0 Å². The fourth-order valence-electron chi connectivity index (χ4n) is 2.37. The summed E-state index contributed by atoms with van der Waals surface area (Å²) in [6, 6.07) is 0.321. The first-order valence-corrected chi connectivity index (χ1v) is 5.71. The zero-order valence-electron chi connectivity index (χ0n) is 8.61. The van der Waals surface area contributed by atoms with Crippen molar-refractivity contribution in [1.82, 2.24) is 4.90 Å². The van der Waals surface area contributed by atoms with Gasteiger partial charge in [0.2, 0.25) is 0 Å². The molecular formula is C11H19NO2. The lowest BCUT2D eigenvalue weighted by Gasteiger charge is -2.34. The van der Waals surface area contributed by atoms with Crippen LogP contribution in [0, 0.1) is 5.92 Å². The second-order valence-corrected chi connectivity index (χ2v) is 4.69. The molecule has 2 aliphatic rings. The number of aliphatic carboxylic acids is 1. The molecule has 14 heavy (non-hydrogen) atoms. The molecule has 80 valence electrons. The lowest BCUT2D eigenvalue weighted by molar-refractivity contribution is -0.138. The van der Waals surface area contributed by atoms with Gasteiger partial charge in [-0.1, -0.05) is 6.42 Å². The Hall–Kier alpha value is -0.570. The smallest absolute Gasteiger partial charge is 0.304 e. The van der Waals surface area contributed by atoms with E-state index < -0.39 is 5.97 Å². The van der Waals surface area contributed by atoms with E-state index >= 15 is 0 Å². The molecule has 2 fully saturated rings.